The molecule has 2 aliphatic heterocycles. The highest BCUT2D eigenvalue weighted by Crippen LogP contribution is 2.36. The summed E-state index contributed by atoms with van der Waals surface area (Å²) in [7, 11) is 1.74. The maximum atomic E-state index is 13.1. The number of rotatable bonds is 5. The van der Waals surface area contributed by atoms with Crippen LogP contribution in [0.15, 0.2) is 35.5 Å². The van der Waals surface area contributed by atoms with E-state index in [-0.39, 0.29) is 23.4 Å². The Hall–Kier alpha value is -2.30. The van der Waals surface area contributed by atoms with Crippen LogP contribution in [0.2, 0.25) is 0 Å². The van der Waals surface area contributed by atoms with Crippen molar-refractivity contribution < 1.29 is 9.59 Å². The van der Waals surface area contributed by atoms with Crippen LogP contribution in [0.3, 0.4) is 0 Å². The summed E-state index contributed by atoms with van der Waals surface area (Å²) in [6, 6.07) is 7.74. The number of carbonyl (C=O) groups excluding carboxylic acids is 2. The van der Waals surface area contributed by atoms with E-state index in [1.807, 2.05) is 17.0 Å². The van der Waals surface area contributed by atoms with Gasteiger partial charge in [-0.15, -0.1) is 0 Å². The number of urea groups is 1. The molecule has 0 aromatic heterocycles. The number of unbranched alkanes of at least 4 members (excludes halogenated alkanes) is 2. The molecule has 146 valence electrons. The predicted octanol–water partition coefficient (Wildman–Crippen LogP) is 3.97. The lowest BCUT2D eigenvalue weighted by atomic mass is 9.85. The Bertz CT molecular complexity index is 759. The first-order chi connectivity index (χ1) is 12.7. The summed E-state index contributed by atoms with van der Waals surface area (Å²) in [6.07, 6.45) is 3.23. The molecule has 0 unspecified atom stereocenters. The Morgan fingerprint density at radius 2 is 1.78 bits per heavy atom. The molecule has 0 aliphatic carbocycles. The summed E-state index contributed by atoms with van der Waals surface area (Å²) in [4.78, 5) is 29.0. The number of hydrogen-bond donors (Lipinski definition) is 1. The molecular weight excluding hydrogens is 338 g/mol. The summed E-state index contributed by atoms with van der Waals surface area (Å²) < 4.78 is 0. The fourth-order valence-electron chi connectivity index (χ4n) is 3.78. The van der Waals surface area contributed by atoms with Crippen LogP contribution in [-0.2, 0) is 10.2 Å². The lowest BCUT2D eigenvalue weighted by Crippen LogP contribution is -2.45. The molecule has 0 saturated heterocycles. The highest BCUT2D eigenvalue weighted by atomic mass is 16.2. The van der Waals surface area contributed by atoms with Crippen molar-refractivity contribution in [1.29, 1.82) is 0 Å². The molecule has 0 radical (unpaired) electrons. The van der Waals surface area contributed by atoms with Gasteiger partial charge in [-0.25, -0.2) is 4.79 Å². The molecule has 1 atom stereocenters. The van der Waals surface area contributed by atoms with Crippen LogP contribution in [-0.4, -0.2) is 41.9 Å². The molecule has 5 heteroatoms. The lowest BCUT2D eigenvalue weighted by Gasteiger charge is -2.31. The van der Waals surface area contributed by atoms with Crippen LogP contribution in [0.5, 0.6) is 0 Å². The van der Waals surface area contributed by atoms with Crippen molar-refractivity contribution in [2.75, 3.05) is 20.1 Å². The zero-order valence-electron chi connectivity index (χ0n) is 17.1. The second-order valence-corrected chi connectivity index (χ2v) is 8.61. The van der Waals surface area contributed by atoms with E-state index < -0.39 is 0 Å². The second-order valence-electron chi connectivity index (χ2n) is 8.61. The summed E-state index contributed by atoms with van der Waals surface area (Å²) in [5, 5.41) is 3.01. The molecule has 2 heterocycles. The molecule has 0 fully saturated rings. The standard InChI is InChI=1S/C22H31N3O2/c1-6-7-8-13-25-14-17-18(20(25)26)19(23-21(27)24(17)5)15-9-11-16(12-10-15)22(2,3)4/h9-12,19H,6-8,13-14H2,1-5H3,(H,23,27)/t19-/m0/s1. The molecule has 0 spiro atoms. The first-order valence-electron chi connectivity index (χ1n) is 9.91. The lowest BCUT2D eigenvalue weighted by molar-refractivity contribution is -0.125. The van der Waals surface area contributed by atoms with Crippen molar-refractivity contribution in [2.45, 2.75) is 58.4 Å². The van der Waals surface area contributed by atoms with E-state index in [4.69, 9.17) is 0 Å². The molecule has 1 aromatic carbocycles. The van der Waals surface area contributed by atoms with Gasteiger partial charge in [-0.1, -0.05) is 64.8 Å². The average molecular weight is 370 g/mol. The minimum absolute atomic E-state index is 0.0536. The highest BCUT2D eigenvalue weighted by Gasteiger charge is 2.42. The van der Waals surface area contributed by atoms with Crippen molar-refractivity contribution >= 4 is 11.9 Å². The third-order valence-electron chi connectivity index (χ3n) is 5.58. The Labute approximate surface area is 162 Å². The molecule has 2 aliphatic rings. The number of nitrogens with zero attached hydrogens (tertiary/aromatic N) is 2. The Balaban J connectivity index is 1.89. The summed E-state index contributed by atoms with van der Waals surface area (Å²) in [5.74, 6) is 0.0536. The molecule has 1 aromatic rings. The molecular formula is C22H31N3O2. The van der Waals surface area contributed by atoms with Gasteiger partial charge in [0, 0.05) is 13.6 Å². The van der Waals surface area contributed by atoms with Crippen molar-refractivity contribution in [2.24, 2.45) is 0 Å². The van der Waals surface area contributed by atoms with Crippen molar-refractivity contribution in [3.05, 3.63) is 46.7 Å². The zero-order valence-corrected chi connectivity index (χ0v) is 17.1. The third-order valence-corrected chi connectivity index (χ3v) is 5.58. The van der Waals surface area contributed by atoms with Gasteiger partial charge in [0.15, 0.2) is 0 Å². The van der Waals surface area contributed by atoms with E-state index >= 15 is 0 Å². The Morgan fingerprint density at radius 3 is 2.37 bits per heavy atom. The van der Waals surface area contributed by atoms with Gasteiger partial charge in [-0.2, -0.15) is 0 Å². The highest BCUT2D eigenvalue weighted by molar-refractivity contribution is 6.01. The molecule has 3 amide bonds. The minimum Gasteiger partial charge on any atom is -0.333 e. The number of carbonyl (C=O) groups is 2. The fraction of sp³-hybridized carbons (Fsp3) is 0.545. The van der Waals surface area contributed by atoms with Gasteiger partial charge >= 0.3 is 6.03 Å². The molecule has 5 nitrogen and oxygen atoms in total. The van der Waals surface area contributed by atoms with Gasteiger partial charge in [0.2, 0.25) is 0 Å². The first-order valence-corrected chi connectivity index (χ1v) is 9.91. The topological polar surface area (TPSA) is 52.7 Å². The van der Waals surface area contributed by atoms with E-state index in [0.717, 1.165) is 42.6 Å². The van der Waals surface area contributed by atoms with E-state index in [1.165, 1.54) is 5.56 Å². The van der Waals surface area contributed by atoms with Crippen LogP contribution in [0.4, 0.5) is 4.79 Å². The van der Waals surface area contributed by atoms with Gasteiger partial charge < -0.3 is 10.2 Å². The molecule has 0 saturated carbocycles. The number of benzene rings is 1. The maximum Gasteiger partial charge on any atom is 0.322 e. The van der Waals surface area contributed by atoms with Crippen LogP contribution in [0.1, 0.15) is 64.1 Å². The Morgan fingerprint density at radius 1 is 1.11 bits per heavy atom. The zero-order chi connectivity index (χ0) is 19.8. The first kappa shape index (κ1) is 19.5. The van der Waals surface area contributed by atoms with Crippen LogP contribution >= 0.6 is 0 Å². The van der Waals surface area contributed by atoms with Crippen LogP contribution < -0.4 is 5.32 Å². The SMILES string of the molecule is CCCCCN1CC2=C(C1=O)[C@H](c1ccc(C(C)(C)C)cc1)NC(=O)N2C. The van der Waals surface area contributed by atoms with E-state index in [2.05, 4.69) is 45.1 Å². The van der Waals surface area contributed by atoms with Gasteiger partial charge in [-0.05, 0) is 23.0 Å². The number of amides is 3. The largest absolute Gasteiger partial charge is 0.333 e. The molecule has 27 heavy (non-hydrogen) atoms. The van der Waals surface area contributed by atoms with Gasteiger partial charge in [-0.3, -0.25) is 9.69 Å². The molecule has 3 rings (SSSR count). The van der Waals surface area contributed by atoms with Gasteiger partial charge in [0.25, 0.3) is 5.91 Å². The summed E-state index contributed by atoms with van der Waals surface area (Å²) in [5.41, 5.74) is 3.82. The van der Waals surface area contributed by atoms with Crippen molar-refractivity contribution in [3.63, 3.8) is 0 Å². The van der Waals surface area contributed by atoms with E-state index in [1.54, 1.807) is 11.9 Å². The van der Waals surface area contributed by atoms with Gasteiger partial charge in [0.05, 0.1) is 23.9 Å². The normalized spacial score (nSPS) is 20.3. The number of hydrogen-bond acceptors (Lipinski definition) is 2. The third kappa shape index (κ3) is 3.73. The average Bonchev–Trinajstić information content (AvgIpc) is 2.95. The summed E-state index contributed by atoms with van der Waals surface area (Å²) >= 11 is 0. The smallest absolute Gasteiger partial charge is 0.322 e. The summed E-state index contributed by atoms with van der Waals surface area (Å²) in [6.45, 7) is 9.95. The van der Waals surface area contributed by atoms with E-state index in [0.29, 0.717) is 6.54 Å². The quantitative estimate of drug-likeness (QED) is 0.799. The second kappa shape index (κ2) is 7.37. The minimum atomic E-state index is -0.374. The predicted molar refractivity (Wildman–Crippen MR) is 107 cm³/mol. The molecule has 0 bridgehead atoms. The number of likely N-dealkylation sites (N-methyl/N-ethyl adjacent to an activating group) is 1. The van der Waals surface area contributed by atoms with Crippen molar-refractivity contribution in [3.8, 4) is 0 Å². The van der Waals surface area contributed by atoms with Gasteiger partial charge in [0.1, 0.15) is 0 Å². The molecule has 1 N–H and O–H groups in total. The monoisotopic (exact) mass is 369 g/mol. The van der Waals surface area contributed by atoms with E-state index in [9.17, 15) is 9.59 Å². The van der Waals surface area contributed by atoms with Crippen LogP contribution in [0.25, 0.3) is 0 Å². The number of nitrogens with one attached hydrogen (secondary N) is 1. The Kier molecular flexibility index (Phi) is 5.31. The fourth-order valence-corrected chi connectivity index (χ4v) is 3.78. The van der Waals surface area contributed by atoms with Crippen molar-refractivity contribution in [1.82, 2.24) is 15.1 Å². The maximum absolute atomic E-state index is 13.1. The van der Waals surface area contributed by atoms with Crippen LogP contribution in [0, 0.1) is 0 Å².